The standard InChI is InChI=1S/C24H22N2O3.C6H7NO4/c1-25(2)15-9-11-19-21(13-15)28-22-14-16(26(3)4)10-12-20(22)24(19)18-8-6-5-7-17(18)23(27)29-24;1-4(8)11-7-5(9)2-3-6(7)10/h5-14H,1-4H3;2-3H2,1H3. The van der Waals surface area contributed by atoms with Gasteiger partial charge in [0.05, 0.1) is 5.56 Å². The predicted octanol–water partition coefficient (Wildman–Crippen LogP) is 4.00. The largest absolute Gasteiger partial charge is 0.456 e. The zero-order valence-corrected chi connectivity index (χ0v) is 22.9. The zero-order chi connectivity index (χ0) is 28.8. The molecule has 1 fully saturated rings. The van der Waals surface area contributed by atoms with Crippen molar-refractivity contribution in [2.75, 3.05) is 38.0 Å². The highest BCUT2D eigenvalue weighted by Gasteiger charge is 2.53. The van der Waals surface area contributed by atoms with Crippen LogP contribution in [0.4, 0.5) is 11.4 Å². The van der Waals surface area contributed by atoms with Crippen LogP contribution in [0.5, 0.6) is 11.5 Å². The summed E-state index contributed by atoms with van der Waals surface area (Å²) in [6.07, 6.45) is 0.262. The van der Waals surface area contributed by atoms with Gasteiger partial charge in [-0.1, -0.05) is 18.2 Å². The van der Waals surface area contributed by atoms with Crippen LogP contribution in [-0.2, 0) is 29.6 Å². The number of amides is 2. The van der Waals surface area contributed by atoms with E-state index in [1.54, 1.807) is 0 Å². The van der Waals surface area contributed by atoms with Crippen LogP contribution in [0.2, 0.25) is 0 Å². The van der Waals surface area contributed by atoms with Crippen LogP contribution >= 0.6 is 0 Å². The fourth-order valence-corrected chi connectivity index (χ4v) is 5.00. The molecule has 0 saturated carbocycles. The summed E-state index contributed by atoms with van der Waals surface area (Å²) < 4.78 is 12.5. The number of hydrogen-bond donors (Lipinski definition) is 0. The summed E-state index contributed by atoms with van der Waals surface area (Å²) in [7, 11) is 7.96. The van der Waals surface area contributed by atoms with E-state index in [1.165, 1.54) is 0 Å². The molecule has 2 amide bonds. The highest BCUT2D eigenvalue weighted by molar-refractivity contribution is 6.01. The highest BCUT2D eigenvalue weighted by atomic mass is 16.7. The van der Waals surface area contributed by atoms with E-state index in [1.807, 2.05) is 98.7 Å². The van der Waals surface area contributed by atoms with E-state index in [0.29, 0.717) is 22.1 Å². The van der Waals surface area contributed by atoms with Crippen molar-refractivity contribution in [3.63, 3.8) is 0 Å². The van der Waals surface area contributed by atoms with Crippen molar-refractivity contribution in [3.05, 3.63) is 82.9 Å². The van der Waals surface area contributed by atoms with Gasteiger partial charge in [0, 0.05) is 88.2 Å². The Bertz CT molecular complexity index is 1470. The molecule has 3 aromatic carbocycles. The van der Waals surface area contributed by atoms with Crippen LogP contribution in [0.1, 0.15) is 46.8 Å². The van der Waals surface area contributed by atoms with E-state index in [0.717, 1.165) is 35.0 Å². The fraction of sp³-hybridized carbons (Fsp3) is 0.267. The predicted molar refractivity (Wildman–Crippen MR) is 146 cm³/mol. The molecule has 0 aliphatic carbocycles. The van der Waals surface area contributed by atoms with Crippen molar-refractivity contribution < 1.29 is 33.5 Å². The Hall–Kier alpha value is -4.86. The van der Waals surface area contributed by atoms with Gasteiger partial charge in [-0.3, -0.25) is 9.59 Å². The topological polar surface area (TPSA) is 106 Å². The first kappa shape index (κ1) is 26.7. The summed E-state index contributed by atoms with van der Waals surface area (Å²) in [5, 5.41) is 0.516. The van der Waals surface area contributed by atoms with Crippen molar-refractivity contribution in [3.8, 4) is 11.5 Å². The van der Waals surface area contributed by atoms with Gasteiger partial charge in [0.25, 0.3) is 11.8 Å². The molecule has 1 spiro atoms. The van der Waals surface area contributed by atoms with Gasteiger partial charge in [0.1, 0.15) is 11.5 Å². The summed E-state index contributed by atoms with van der Waals surface area (Å²) in [6, 6.07) is 19.7. The molecule has 3 aromatic rings. The van der Waals surface area contributed by atoms with E-state index >= 15 is 0 Å². The van der Waals surface area contributed by atoms with E-state index in [-0.39, 0.29) is 18.8 Å². The zero-order valence-electron chi connectivity index (χ0n) is 22.9. The molecule has 1 saturated heterocycles. The summed E-state index contributed by atoms with van der Waals surface area (Å²) in [5.41, 5.74) is 4.16. The Kier molecular flexibility index (Phi) is 6.70. The molecule has 10 nitrogen and oxygen atoms in total. The molecule has 6 rings (SSSR count). The third-order valence-corrected chi connectivity index (χ3v) is 6.94. The van der Waals surface area contributed by atoms with Gasteiger partial charge in [-0.15, -0.1) is 5.06 Å². The molecule has 10 heteroatoms. The molecule has 40 heavy (non-hydrogen) atoms. The summed E-state index contributed by atoms with van der Waals surface area (Å²) >= 11 is 0. The van der Waals surface area contributed by atoms with Crippen LogP contribution < -0.4 is 14.5 Å². The molecule has 3 aliphatic heterocycles. The second-order valence-corrected chi connectivity index (χ2v) is 10.0. The molecular weight excluding hydrogens is 514 g/mol. The number of hydroxylamine groups is 2. The first-order valence-corrected chi connectivity index (χ1v) is 12.7. The maximum Gasteiger partial charge on any atom is 0.340 e. The number of esters is 1. The van der Waals surface area contributed by atoms with Gasteiger partial charge in [0.15, 0.2) is 5.60 Å². The minimum atomic E-state index is -1.01. The average molecular weight is 544 g/mol. The Morgan fingerprint density at radius 2 is 1.32 bits per heavy atom. The van der Waals surface area contributed by atoms with Crippen molar-refractivity contribution >= 4 is 35.1 Å². The van der Waals surface area contributed by atoms with Crippen molar-refractivity contribution in [1.29, 1.82) is 0 Å². The Morgan fingerprint density at radius 3 is 1.82 bits per heavy atom. The maximum atomic E-state index is 12.8. The number of fused-ring (bicyclic) bond motifs is 6. The average Bonchev–Trinajstić information content (AvgIpc) is 3.40. The summed E-state index contributed by atoms with van der Waals surface area (Å²) in [4.78, 5) is 53.0. The van der Waals surface area contributed by atoms with Crippen molar-refractivity contribution in [2.24, 2.45) is 0 Å². The van der Waals surface area contributed by atoms with E-state index in [9.17, 15) is 19.2 Å². The smallest absolute Gasteiger partial charge is 0.340 e. The summed E-state index contributed by atoms with van der Waals surface area (Å²) in [6.45, 7) is 1.14. The molecule has 206 valence electrons. The van der Waals surface area contributed by atoms with Crippen LogP contribution in [0.3, 0.4) is 0 Å². The van der Waals surface area contributed by atoms with Crippen LogP contribution in [0.25, 0.3) is 0 Å². The molecule has 0 unspecified atom stereocenters. The number of nitrogens with zero attached hydrogens (tertiary/aromatic N) is 3. The molecule has 0 aromatic heterocycles. The minimum Gasteiger partial charge on any atom is -0.456 e. The number of anilines is 2. The lowest BCUT2D eigenvalue weighted by Crippen LogP contribution is -2.33. The third-order valence-electron chi connectivity index (χ3n) is 6.94. The third kappa shape index (κ3) is 4.41. The minimum absolute atomic E-state index is 0.131. The van der Waals surface area contributed by atoms with Gasteiger partial charge >= 0.3 is 11.9 Å². The van der Waals surface area contributed by atoms with Crippen LogP contribution in [0, 0.1) is 0 Å². The molecule has 3 aliphatic rings. The Labute approximate surface area is 231 Å². The number of imide groups is 1. The fourth-order valence-electron chi connectivity index (χ4n) is 5.00. The molecule has 0 radical (unpaired) electrons. The quantitative estimate of drug-likeness (QED) is 0.358. The van der Waals surface area contributed by atoms with Gasteiger partial charge in [-0.25, -0.2) is 9.59 Å². The molecule has 0 atom stereocenters. The van der Waals surface area contributed by atoms with Crippen LogP contribution in [-0.4, -0.2) is 57.0 Å². The molecule has 3 heterocycles. The first-order valence-electron chi connectivity index (χ1n) is 12.7. The Morgan fingerprint density at radius 1 is 0.800 bits per heavy atom. The SMILES string of the molecule is CC(=O)ON1C(=O)CCC1=O.CN(C)c1ccc2c(c1)Oc1cc(N(C)C)ccc1C21OC(=O)c2ccccc21. The number of rotatable bonds is 3. The van der Waals surface area contributed by atoms with Crippen molar-refractivity contribution in [2.45, 2.75) is 25.4 Å². The lowest BCUT2D eigenvalue weighted by atomic mass is 9.77. The lowest BCUT2D eigenvalue weighted by molar-refractivity contribution is -0.195. The number of carbonyl (C=O) groups excluding carboxylic acids is 4. The normalized spacial score (nSPS) is 15.7. The van der Waals surface area contributed by atoms with Crippen molar-refractivity contribution in [1.82, 2.24) is 5.06 Å². The molecule has 0 N–H and O–H groups in total. The number of hydrogen-bond acceptors (Lipinski definition) is 9. The van der Waals surface area contributed by atoms with E-state index in [4.69, 9.17) is 9.47 Å². The molecular formula is C30H29N3O7. The lowest BCUT2D eigenvalue weighted by Gasteiger charge is -2.37. The number of ether oxygens (including phenoxy) is 2. The Balaban J connectivity index is 0.000000248. The van der Waals surface area contributed by atoms with Gasteiger partial charge in [-0.05, 0) is 30.3 Å². The second kappa shape index (κ2) is 10.0. The number of benzene rings is 3. The van der Waals surface area contributed by atoms with E-state index < -0.39 is 23.4 Å². The van der Waals surface area contributed by atoms with Gasteiger partial charge in [-0.2, -0.15) is 0 Å². The second-order valence-electron chi connectivity index (χ2n) is 10.0. The highest BCUT2D eigenvalue weighted by Crippen LogP contribution is 2.56. The number of carbonyl (C=O) groups is 4. The monoisotopic (exact) mass is 543 g/mol. The first-order chi connectivity index (χ1) is 19.0. The van der Waals surface area contributed by atoms with E-state index in [2.05, 4.69) is 4.84 Å². The molecule has 0 bridgehead atoms. The van der Waals surface area contributed by atoms with Gasteiger partial charge < -0.3 is 24.1 Å². The van der Waals surface area contributed by atoms with Crippen LogP contribution in [0.15, 0.2) is 60.7 Å². The summed E-state index contributed by atoms with van der Waals surface area (Å²) in [5.74, 6) is -0.481. The van der Waals surface area contributed by atoms with Gasteiger partial charge in [0.2, 0.25) is 0 Å². The maximum absolute atomic E-state index is 12.8.